The first-order valence-corrected chi connectivity index (χ1v) is 12.0. The van der Waals surface area contributed by atoms with Crippen LogP contribution in [-0.2, 0) is 40.6 Å². The van der Waals surface area contributed by atoms with Gasteiger partial charge in [-0.1, -0.05) is 20.8 Å². The molecule has 1 aromatic rings. The Morgan fingerprint density at radius 2 is 1.56 bits per heavy atom. The summed E-state index contributed by atoms with van der Waals surface area (Å²) >= 11 is 0. The van der Waals surface area contributed by atoms with Crippen molar-refractivity contribution in [2.45, 2.75) is 91.6 Å². The zero-order valence-electron chi connectivity index (χ0n) is 21.0. The predicted molar refractivity (Wildman–Crippen MR) is 120 cm³/mol. The molecule has 1 heterocycles. The summed E-state index contributed by atoms with van der Waals surface area (Å²) in [7, 11) is 0. The van der Waals surface area contributed by atoms with Crippen molar-refractivity contribution in [3.63, 3.8) is 0 Å². The van der Waals surface area contributed by atoms with E-state index in [-0.39, 0.29) is 23.9 Å². The van der Waals surface area contributed by atoms with Gasteiger partial charge in [-0.25, -0.2) is 0 Å². The molecule has 8 nitrogen and oxygen atoms in total. The monoisotopic (exact) mass is 476 g/mol. The van der Waals surface area contributed by atoms with Crippen LogP contribution in [0.3, 0.4) is 0 Å². The predicted octanol–water partition coefficient (Wildman–Crippen LogP) is 3.53. The minimum Gasteiger partial charge on any atom is -0.469 e. The van der Waals surface area contributed by atoms with E-state index in [1.165, 1.54) is 20.8 Å². The lowest BCUT2D eigenvalue weighted by molar-refractivity contribution is -0.275. The molecule has 3 aliphatic carbocycles. The maximum absolute atomic E-state index is 12.3. The largest absolute Gasteiger partial charge is 0.469 e. The molecular formula is C26H36O8. The lowest BCUT2D eigenvalue weighted by Gasteiger charge is -2.66. The molecule has 1 aromatic heterocycles. The highest BCUT2D eigenvalue weighted by molar-refractivity contribution is 5.68. The van der Waals surface area contributed by atoms with Gasteiger partial charge in [-0.3, -0.25) is 14.4 Å². The van der Waals surface area contributed by atoms with Crippen LogP contribution in [0, 0.1) is 28.6 Å². The van der Waals surface area contributed by atoms with Crippen LogP contribution in [0.2, 0.25) is 0 Å². The second-order valence-corrected chi connectivity index (χ2v) is 11.3. The van der Waals surface area contributed by atoms with Crippen LogP contribution in [0.5, 0.6) is 0 Å². The van der Waals surface area contributed by atoms with Crippen LogP contribution in [0.25, 0.3) is 0 Å². The molecule has 1 N–H and O–H groups in total. The van der Waals surface area contributed by atoms with E-state index in [0.717, 1.165) is 5.76 Å². The number of ether oxygens (including phenoxy) is 3. The van der Waals surface area contributed by atoms with Gasteiger partial charge in [0.05, 0.1) is 11.9 Å². The molecule has 8 atom stereocenters. The molecule has 4 rings (SSSR count). The van der Waals surface area contributed by atoms with E-state index in [0.29, 0.717) is 24.8 Å². The highest BCUT2D eigenvalue weighted by Gasteiger charge is 2.70. The number of hydrogen-bond donors (Lipinski definition) is 1. The van der Waals surface area contributed by atoms with Gasteiger partial charge in [-0.05, 0) is 37.2 Å². The van der Waals surface area contributed by atoms with Crippen molar-refractivity contribution >= 4 is 17.9 Å². The van der Waals surface area contributed by atoms with Crippen molar-refractivity contribution in [2.24, 2.45) is 28.6 Å². The van der Waals surface area contributed by atoms with Gasteiger partial charge >= 0.3 is 17.9 Å². The molecule has 0 spiro atoms. The third-order valence-corrected chi connectivity index (χ3v) is 8.83. The molecule has 8 heteroatoms. The van der Waals surface area contributed by atoms with Crippen LogP contribution >= 0.6 is 0 Å². The Morgan fingerprint density at radius 3 is 2.15 bits per heavy atom. The Hall–Kier alpha value is -2.35. The van der Waals surface area contributed by atoms with Crippen LogP contribution in [-0.4, -0.2) is 41.3 Å². The van der Waals surface area contributed by atoms with Gasteiger partial charge in [0.25, 0.3) is 0 Å². The zero-order valence-corrected chi connectivity index (χ0v) is 21.0. The van der Waals surface area contributed by atoms with E-state index in [2.05, 4.69) is 6.92 Å². The number of hydrogen-bond acceptors (Lipinski definition) is 8. The smallest absolute Gasteiger partial charge is 0.303 e. The lowest BCUT2D eigenvalue weighted by atomic mass is 9.41. The molecule has 0 amide bonds. The van der Waals surface area contributed by atoms with E-state index in [4.69, 9.17) is 18.6 Å². The molecular weight excluding hydrogens is 440 g/mol. The average molecular weight is 477 g/mol. The normalized spacial score (nSPS) is 40.2. The van der Waals surface area contributed by atoms with E-state index >= 15 is 0 Å². The number of aliphatic hydroxyl groups is 1. The van der Waals surface area contributed by atoms with Crippen molar-refractivity contribution in [3.8, 4) is 0 Å². The third kappa shape index (κ3) is 3.65. The molecule has 0 aromatic carbocycles. The van der Waals surface area contributed by atoms with Gasteiger partial charge in [0.15, 0.2) is 0 Å². The second kappa shape index (κ2) is 8.11. The summed E-state index contributed by atoms with van der Waals surface area (Å²) in [6, 6.07) is 1.76. The van der Waals surface area contributed by atoms with Crippen LogP contribution < -0.4 is 0 Å². The Labute approximate surface area is 200 Å². The number of carbonyl (C=O) groups excluding carboxylic acids is 3. The molecule has 0 aliphatic heterocycles. The summed E-state index contributed by atoms with van der Waals surface area (Å²) in [4.78, 5) is 36.6. The zero-order chi connectivity index (χ0) is 25.2. The Kier molecular flexibility index (Phi) is 5.91. The molecule has 0 bridgehead atoms. The highest BCUT2D eigenvalue weighted by Crippen LogP contribution is 2.66. The summed E-state index contributed by atoms with van der Waals surface area (Å²) in [6.07, 6.45) is 1.38. The average Bonchev–Trinajstić information content (AvgIpc) is 3.16. The molecule has 188 valence electrons. The number of esters is 3. The van der Waals surface area contributed by atoms with Gasteiger partial charge in [-0.2, -0.15) is 0 Å². The van der Waals surface area contributed by atoms with Gasteiger partial charge in [0, 0.05) is 50.0 Å². The first-order chi connectivity index (χ1) is 15.7. The molecule has 0 radical (unpaired) electrons. The molecule has 0 unspecified atom stereocenters. The molecule has 2 saturated carbocycles. The van der Waals surface area contributed by atoms with Gasteiger partial charge in [0.1, 0.15) is 24.1 Å². The fourth-order valence-electron chi connectivity index (χ4n) is 7.74. The van der Waals surface area contributed by atoms with Gasteiger partial charge < -0.3 is 23.7 Å². The number of furan rings is 1. The molecule has 0 saturated heterocycles. The fraction of sp³-hybridized carbons (Fsp3) is 0.731. The van der Waals surface area contributed by atoms with Gasteiger partial charge in [0.2, 0.25) is 0 Å². The van der Waals surface area contributed by atoms with E-state index in [1.54, 1.807) is 19.3 Å². The fourth-order valence-corrected chi connectivity index (χ4v) is 7.74. The van der Waals surface area contributed by atoms with Crippen LogP contribution in [0.1, 0.15) is 72.6 Å². The Morgan fingerprint density at radius 1 is 0.971 bits per heavy atom. The Balaban J connectivity index is 1.92. The summed E-state index contributed by atoms with van der Waals surface area (Å²) < 4.78 is 23.4. The number of rotatable bonds is 3. The summed E-state index contributed by atoms with van der Waals surface area (Å²) in [6.45, 7) is 12.0. The molecule has 3 aliphatic rings. The summed E-state index contributed by atoms with van der Waals surface area (Å²) in [5.74, 6) is -1.60. The topological polar surface area (TPSA) is 112 Å². The SMILES string of the molecule is CC(=O)O[C@H]1[C@H](OC(C)=O)[C@H]2C(C)(C)[C@@H](OC(C)=O)CC[C@]2(C)[C@H]2Cc3occc3[C@@](C)(O)[C@H]12. The quantitative estimate of drug-likeness (QED) is 0.521. The first kappa shape index (κ1) is 24.8. The van der Waals surface area contributed by atoms with Gasteiger partial charge in [-0.15, -0.1) is 0 Å². The van der Waals surface area contributed by atoms with Crippen molar-refractivity contribution < 1.29 is 38.1 Å². The number of fused-ring (bicyclic) bond motifs is 4. The van der Waals surface area contributed by atoms with Crippen LogP contribution in [0.4, 0.5) is 0 Å². The number of carbonyl (C=O) groups is 3. The maximum atomic E-state index is 12.3. The molecule has 2 fully saturated rings. The first-order valence-electron chi connectivity index (χ1n) is 12.0. The Bertz CT molecular complexity index is 991. The highest BCUT2D eigenvalue weighted by atomic mass is 16.6. The van der Waals surface area contributed by atoms with E-state index in [1.807, 2.05) is 13.8 Å². The minimum atomic E-state index is -1.37. The second-order valence-electron chi connectivity index (χ2n) is 11.3. The standard InChI is InChI=1S/C26H36O8/c1-13(27)32-19-8-10-25(6)17-12-18-16(9-11-31-18)26(7,30)20(17)21(33-14(2)28)22(34-15(3)29)23(25)24(19,4)5/h9,11,17,19-23,30H,8,10,12H2,1-7H3/t17-,19-,20-,21+,22-,23-,25+,26+/m0/s1. The van der Waals surface area contributed by atoms with Crippen molar-refractivity contribution in [2.75, 3.05) is 0 Å². The molecule has 34 heavy (non-hydrogen) atoms. The lowest BCUT2D eigenvalue weighted by Crippen LogP contribution is -2.71. The third-order valence-electron chi connectivity index (χ3n) is 8.83. The minimum absolute atomic E-state index is 0.125. The van der Waals surface area contributed by atoms with E-state index < -0.39 is 46.5 Å². The summed E-state index contributed by atoms with van der Waals surface area (Å²) in [5, 5.41) is 11.9. The maximum Gasteiger partial charge on any atom is 0.303 e. The van der Waals surface area contributed by atoms with Crippen molar-refractivity contribution in [1.29, 1.82) is 0 Å². The van der Waals surface area contributed by atoms with Crippen LogP contribution in [0.15, 0.2) is 16.7 Å². The van der Waals surface area contributed by atoms with Crippen molar-refractivity contribution in [3.05, 3.63) is 23.7 Å². The van der Waals surface area contributed by atoms with Crippen molar-refractivity contribution in [1.82, 2.24) is 0 Å². The summed E-state index contributed by atoms with van der Waals surface area (Å²) in [5.41, 5.74) is -1.72. The van der Waals surface area contributed by atoms with E-state index in [9.17, 15) is 19.5 Å².